The van der Waals surface area contributed by atoms with E-state index in [0.29, 0.717) is 12.0 Å². The molecule has 1 nitrogen and oxygen atoms in total. The third-order valence-electron chi connectivity index (χ3n) is 2.29. The van der Waals surface area contributed by atoms with Crippen molar-refractivity contribution in [2.24, 2.45) is 11.7 Å². The first-order valence-electron chi connectivity index (χ1n) is 4.38. The van der Waals surface area contributed by atoms with Crippen LogP contribution in [-0.2, 0) is 0 Å². The Morgan fingerprint density at radius 1 is 1.27 bits per heavy atom. The highest BCUT2D eigenvalue weighted by Crippen LogP contribution is 2.13. The van der Waals surface area contributed by atoms with Gasteiger partial charge in [-0.25, -0.2) is 0 Å². The monoisotopic (exact) mass is 151 g/mol. The summed E-state index contributed by atoms with van der Waals surface area (Å²) in [5.74, 6) is 0.631. The molecule has 0 bridgehead atoms. The molecule has 0 radical (unpaired) electrons. The van der Waals surface area contributed by atoms with E-state index in [1.54, 1.807) is 0 Å². The zero-order chi connectivity index (χ0) is 8.10. The summed E-state index contributed by atoms with van der Waals surface area (Å²) in [6.07, 6.45) is 12.0. The summed E-state index contributed by atoms with van der Waals surface area (Å²) in [6.45, 7) is 2.22. The van der Waals surface area contributed by atoms with E-state index < -0.39 is 0 Å². The fourth-order valence-electron chi connectivity index (χ4n) is 1.29. The van der Waals surface area contributed by atoms with E-state index in [0.717, 1.165) is 19.3 Å². The maximum Gasteiger partial charge on any atom is 0.00704 e. The third kappa shape index (κ3) is 2.89. The van der Waals surface area contributed by atoms with Crippen LogP contribution in [0.2, 0.25) is 0 Å². The molecule has 0 amide bonds. The smallest absolute Gasteiger partial charge is 0.00704 e. The predicted molar refractivity (Wildman–Crippen MR) is 49.3 cm³/mol. The third-order valence-corrected chi connectivity index (χ3v) is 2.29. The van der Waals surface area contributed by atoms with Gasteiger partial charge >= 0.3 is 0 Å². The number of nitrogens with two attached hydrogens (primary N) is 1. The van der Waals surface area contributed by atoms with Crippen LogP contribution in [0.15, 0.2) is 24.3 Å². The van der Waals surface area contributed by atoms with Gasteiger partial charge in [-0.05, 0) is 25.2 Å². The zero-order valence-corrected chi connectivity index (χ0v) is 7.16. The highest BCUT2D eigenvalue weighted by molar-refractivity contribution is 5.04. The molecule has 0 spiro atoms. The van der Waals surface area contributed by atoms with Crippen LogP contribution in [0.4, 0.5) is 0 Å². The highest BCUT2D eigenvalue weighted by Gasteiger charge is 2.10. The Labute approximate surface area is 69.0 Å². The highest BCUT2D eigenvalue weighted by atomic mass is 14.6. The molecule has 0 aromatic heterocycles. The first-order valence-corrected chi connectivity index (χ1v) is 4.38. The van der Waals surface area contributed by atoms with Gasteiger partial charge in [0.05, 0.1) is 0 Å². The Bertz CT molecular complexity index is 158. The number of hydrogen-bond acceptors (Lipinski definition) is 1. The zero-order valence-electron chi connectivity index (χ0n) is 7.16. The summed E-state index contributed by atoms with van der Waals surface area (Å²) in [6, 6.07) is 0.377. The molecule has 62 valence electrons. The average Bonchev–Trinajstić information content (AvgIpc) is 2.07. The van der Waals surface area contributed by atoms with E-state index in [1.165, 1.54) is 0 Å². The molecular weight excluding hydrogens is 134 g/mol. The Hall–Kier alpha value is -0.560. The molecule has 0 saturated carbocycles. The molecule has 1 aliphatic carbocycles. The number of hydrogen-bond donors (Lipinski definition) is 1. The van der Waals surface area contributed by atoms with Crippen LogP contribution < -0.4 is 5.73 Å². The van der Waals surface area contributed by atoms with Gasteiger partial charge in [-0.2, -0.15) is 0 Å². The largest absolute Gasteiger partial charge is 0.327 e. The Balaban J connectivity index is 2.49. The molecule has 1 rings (SSSR count). The van der Waals surface area contributed by atoms with E-state index in [9.17, 15) is 0 Å². The summed E-state index contributed by atoms with van der Waals surface area (Å²) in [5, 5.41) is 0. The summed E-state index contributed by atoms with van der Waals surface area (Å²) in [5.41, 5.74) is 5.95. The van der Waals surface area contributed by atoms with Gasteiger partial charge in [0.15, 0.2) is 0 Å². The second-order valence-corrected chi connectivity index (χ2v) is 3.31. The van der Waals surface area contributed by atoms with E-state index in [-0.39, 0.29) is 0 Å². The van der Waals surface area contributed by atoms with Crippen molar-refractivity contribution in [3.8, 4) is 0 Å². The predicted octanol–water partition coefficient (Wildman–Crippen LogP) is 2.25. The van der Waals surface area contributed by atoms with Gasteiger partial charge in [0, 0.05) is 6.04 Å². The van der Waals surface area contributed by atoms with Crippen LogP contribution in [0, 0.1) is 5.92 Å². The SMILES string of the molecule is C[C@@H]1C/C=C\C=C/CCC1N. The van der Waals surface area contributed by atoms with Crippen molar-refractivity contribution in [3.63, 3.8) is 0 Å². The van der Waals surface area contributed by atoms with Crippen LogP contribution in [0.3, 0.4) is 0 Å². The van der Waals surface area contributed by atoms with Crippen molar-refractivity contribution in [2.45, 2.75) is 32.2 Å². The van der Waals surface area contributed by atoms with E-state index in [4.69, 9.17) is 5.73 Å². The molecule has 1 aliphatic rings. The van der Waals surface area contributed by atoms with Gasteiger partial charge in [0.25, 0.3) is 0 Å². The fraction of sp³-hybridized carbons (Fsp3) is 0.600. The minimum Gasteiger partial charge on any atom is -0.327 e. The van der Waals surface area contributed by atoms with Gasteiger partial charge in [0.1, 0.15) is 0 Å². The second kappa shape index (κ2) is 4.35. The normalized spacial score (nSPS) is 38.4. The van der Waals surface area contributed by atoms with Crippen molar-refractivity contribution in [1.82, 2.24) is 0 Å². The lowest BCUT2D eigenvalue weighted by molar-refractivity contribution is 0.438. The maximum absolute atomic E-state index is 5.95. The molecule has 0 heterocycles. The first-order chi connectivity index (χ1) is 5.30. The van der Waals surface area contributed by atoms with E-state index in [2.05, 4.69) is 31.2 Å². The number of allylic oxidation sites excluding steroid dienone is 4. The summed E-state index contributed by atoms with van der Waals surface area (Å²) in [7, 11) is 0. The second-order valence-electron chi connectivity index (χ2n) is 3.31. The van der Waals surface area contributed by atoms with E-state index >= 15 is 0 Å². The molecule has 2 N–H and O–H groups in total. The molecule has 2 atom stereocenters. The lowest BCUT2D eigenvalue weighted by Crippen LogP contribution is -2.27. The van der Waals surface area contributed by atoms with Crippen LogP contribution in [-0.4, -0.2) is 6.04 Å². The molecule has 0 saturated heterocycles. The molecular formula is C10H17N. The summed E-state index contributed by atoms with van der Waals surface area (Å²) >= 11 is 0. The van der Waals surface area contributed by atoms with Crippen molar-refractivity contribution in [3.05, 3.63) is 24.3 Å². The van der Waals surface area contributed by atoms with Gasteiger partial charge in [-0.1, -0.05) is 31.2 Å². The van der Waals surface area contributed by atoms with Gasteiger partial charge in [-0.3, -0.25) is 0 Å². The van der Waals surface area contributed by atoms with Crippen LogP contribution in [0.25, 0.3) is 0 Å². The lowest BCUT2D eigenvalue weighted by atomic mass is 9.96. The van der Waals surface area contributed by atoms with Crippen molar-refractivity contribution >= 4 is 0 Å². The molecule has 0 aromatic carbocycles. The van der Waals surface area contributed by atoms with Crippen molar-refractivity contribution < 1.29 is 0 Å². The van der Waals surface area contributed by atoms with Crippen LogP contribution in [0.1, 0.15) is 26.2 Å². The molecule has 1 heteroatoms. The van der Waals surface area contributed by atoms with Gasteiger partial charge < -0.3 is 5.73 Å². The van der Waals surface area contributed by atoms with Crippen LogP contribution in [0.5, 0.6) is 0 Å². The standard InChI is InChI=1S/C10H17N/c1-9-7-5-3-2-4-6-8-10(9)11/h2-5,9-10H,6-8,11H2,1H3/b4-2-,5-3-/t9-,10?/m1/s1. The molecule has 0 aliphatic heterocycles. The quantitative estimate of drug-likeness (QED) is 0.564. The first kappa shape index (κ1) is 8.54. The lowest BCUT2D eigenvalue weighted by Gasteiger charge is -2.16. The molecule has 11 heavy (non-hydrogen) atoms. The minimum absolute atomic E-state index is 0.377. The van der Waals surface area contributed by atoms with E-state index in [1.807, 2.05) is 0 Å². The van der Waals surface area contributed by atoms with Crippen molar-refractivity contribution in [2.75, 3.05) is 0 Å². The fourth-order valence-corrected chi connectivity index (χ4v) is 1.29. The van der Waals surface area contributed by atoms with Gasteiger partial charge in [-0.15, -0.1) is 0 Å². The minimum atomic E-state index is 0.377. The Morgan fingerprint density at radius 2 is 2.00 bits per heavy atom. The van der Waals surface area contributed by atoms with Crippen LogP contribution >= 0.6 is 0 Å². The molecule has 0 fully saturated rings. The molecule has 1 unspecified atom stereocenters. The summed E-state index contributed by atoms with van der Waals surface area (Å²) < 4.78 is 0. The average molecular weight is 151 g/mol. The Kier molecular flexibility index (Phi) is 3.37. The van der Waals surface area contributed by atoms with Crippen molar-refractivity contribution in [1.29, 1.82) is 0 Å². The topological polar surface area (TPSA) is 26.0 Å². The van der Waals surface area contributed by atoms with Gasteiger partial charge in [0.2, 0.25) is 0 Å². The number of rotatable bonds is 0. The molecule has 0 aromatic rings. The maximum atomic E-state index is 5.95. The summed E-state index contributed by atoms with van der Waals surface area (Å²) in [4.78, 5) is 0. The Morgan fingerprint density at radius 3 is 2.82 bits per heavy atom.